The Bertz CT molecular complexity index is 800. The van der Waals surface area contributed by atoms with Crippen molar-refractivity contribution in [2.75, 3.05) is 6.54 Å². The molecule has 24 heavy (non-hydrogen) atoms. The molecule has 0 unspecified atom stereocenters. The first-order valence-electron chi connectivity index (χ1n) is 8.17. The average Bonchev–Trinajstić information content (AvgIpc) is 2.55. The van der Waals surface area contributed by atoms with E-state index in [0.29, 0.717) is 15.4 Å². The van der Waals surface area contributed by atoms with E-state index in [-0.39, 0.29) is 6.04 Å². The van der Waals surface area contributed by atoms with Gasteiger partial charge in [-0.25, -0.2) is 8.42 Å². The third-order valence-corrected chi connectivity index (χ3v) is 7.63. The van der Waals surface area contributed by atoms with Crippen molar-refractivity contribution in [3.8, 4) is 0 Å². The molecule has 1 aliphatic heterocycles. The van der Waals surface area contributed by atoms with Crippen LogP contribution in [0.5, 0.6) is 0 Å². The van der Waals surface area contributed by atoms with E-state index in [1.807, 2.05) is 26.0 Å². The number of hydrogen-bond acceptors (Lipinski definition) is 2. The van der Waals surface area contributed by atoms with Crippen molar-refractivity contribution in [3.63, 3.8) is 0 Å². The highest BCUT2D eigenvalue weighted by atomic mass is 127. The molecule has 5 heteroatoms. The number of sulfonamides is 1. The maximum absolute atomic E-state index is 13.2. The largest absolute Gasteiger partial charge is 0.243 e. The predicted molar refractivity (Wildman–Crippen MR) is 106 cm³/mol. The number of hydrogen-bond donors (Lipinski definition) is 0. The number of halogens is 1. The minimum Gasteiger partial charge on any atom is -0.207 e. The second kappa shape index (κ2) is 7.14. The monoisotopic (exact) mass is 455 g/mol. The first-order chi connectivity index (χ1) is 11.4. The smallest absolute Gasteiger partial charge is 0.207 e. The number of rotatable bonds is 3. The number of nitrogens with zero attached hydrogens (tertiary/aromatic N) is 1. The lowest BCUT2D eigenvalue weighted by Gasteiger charge is -2.37. The Morgan fingerprint density at radius 2 is 1.50 bits per heavy atom. The molecule has 3 rings (SSSR count). The Balaban J connectivity index is 1.99. The standard InChI is InChI=1S/C19H22INO2S/c1-14-3-7-16(8-4-14)19-13-17(20)11-12-21(19)24(22,23)18-9-5-15(2)6-10-18/h3-10,17,19H,11-13H2,1-2H3/t17-,19-/m0/s1. The first-order valence-corrected chi connectivity index (χ1v) is 10.9. The SMILES string of the molecule is Cc1ccc([C@@H]2C[C@@H](I)CCN2S(=O)(=O)c2ccc(C)cc2)cc1. The van der Waals surface area contributed by atoms with Gasteiger partial charge in [-0.1, -0.05) is 70.1 Å². The molecule has 0 radical (unpaired) electrons. The quantitative estimate of drug-likeness (QED) is 0.500. The molecule has 2 aromatic carbocycles. The summed E-state index contributed by atoms with van der Waals surface area (Å²) in [4.78, 5) is 0.386. The summed E-state index contributed by atoms with van der Waals surface area (Å²) in [5.41, 5.74) is 3.33. The van der Waals surface area contributed by atoms with Gasteiger partial charge in [0.25, 0.3) is 0 Å². The van der Waals surface area contributed by atoms with E-state index in [9.17, 15) is 8.42 Å². The third-order valence-electron chi connectivity index (χ3n) is 4.58. The molecule has 3 nitrogen and oxygen atoms in total. The van der Waals surface area contributed by atoms with Crippen molar-refractivity contribution < 1.29 is 8.42 Å². The lowest BCUT2D eigenvalue weighted by Crippen LogP contribution is -2.41. The molecule has 0 spiro atoms. The van der Waals surface area contributed by atoms with E-state index in [0.717, 1.165) is 24.0 Å². The van der Waals surface area contributed by atoms with Crippen molar-refractivity contribution in [2.45, 2.75) is 41.6 Å². The van der Waals surface area contributed by atoms with Gasteiger partial charge in [0.15, 0.2) is 0 Å². The van der Waals surface area contributed by atoms with Crippen LogP contribution in [-0.2, 0) is 10.0 Å². The van der Waals surface area contributed by atoms with E-state index < -0.39 is 10.0 Å². The topological polar surface area (TPSA) is 37.4 Å². The molecule has 1 aliphatic rings. The molecule has 0 saturated carbocycles. The highest BCUT2D eigenvalue weighted by Crippen LogP contribution is 2.38. The molecular formula is C19H22INO2S. The van der Waals surface area contributed by atoms with Crippen molar-refractivity contribution in [1.29, 1.82) is 0 Å². The molecule has 1 saturated heterocycles. The fraction of sp³-hybridized carbons (Fsp3) is 0.368. The number of benzene rings is 2. The van der Waals surface area contributed by atoms with E-state index in [2.05, 4.69) is 46.9 Å². The zero-order chi connectivity index (χ0) is 17.3. The van der Waals surface area contributed by atoms with E-state index >= 15 is 0 Å². The van der Waals surface area contributed by atoms with Gasteiger partial charge in [-0.15, -0.1) is 0 Å². The Kier molecular flexibility index (Phi) is 5.32. The second-order valence-corrected chi connectivity index (χ2v) is 10.1. The van der Waals surface area contributed by atoms with Gasteiger partial charge < -0.3 is 0 Å². The van der Waals surface area contributed by atoms with Crippen LogP contribution in [0.4, 0.5) is 0 Å². The predicted octanol–water partition coefficient (Wildman–Crippen LogP) is 4.63. The Labute approximate surface area is 158 Å². The van der Waals surface area contributed by atoms with Crippen LogP contribution in [0.3, 0.4) is 0 Å². The molecule has 1 fully saturated rings. The van der Waals surface area contributed by atoms with E-state index in [1.165, 1.54) is 5.56 Å². The zero-order valence-corrected chi connectivity index (χ0v) is 16.9. The van der Waals surface area contributed by atoms with Gasteiger partial charge >= 0.3 is 0 Å². The van der Waals surface area contributed by atoms with Crippen LogP contribution in [0.15, 0.2) is 53.4 Å². The lowest BCUT2D eigenvalue weighted by molar-refractivity contribution is 0.265. The summed E-state index contributed by atoms with van der Waals surface area (Å²) in [7, 11) is -3.48. The number of aryl methyl sites for hydroxylation is 2. The van der Waals surface area contributed by atoms with E-state index in [4.69, 9.17) is 0 Å². The highest BCUT2D eigenvalue weighted by molar-refractivity contribution is 14.1. The van der Waals surface area contributed by atoms with Gasteiger partial charge in [0, 0.05) is 10.5 Å². The van der Waals surface area contributed by atoms with Gasteiger partial charge in [-0.3, -0.25) is 0 Å². The van der Waals surface area contributed by atoms with Crippen LogP contribution >= 0.6 is 22.6 Å². The molecule has 0 aromatic heterocycles. The van der Waals surface area contributed by atoms with Gasteiger partial charge in [0.1, 0.15) is 0 Å². The van der Waals surface area contributed by atoms with Gasteiger partial charge in [-0.05, 0) is 44.4 Å². The molecule has 128 valence electrons. The minimum atomic E-state index is -3.48. The van der Waals surface area contributed by atoms with Crippen molar-refractivity contribution in [3.05, 3.63) is 65.2 Å². The Morgan fingerprint density at radius 1 is 0.958 bits per heavy atom. The fourth-order valence-electron chi connectivity index (χ4n) is 3.13. The van der Waals surface area contributed by atoms with Crippen LogP contribution in [0.25, 0.3) is 0 Å². The maximum Gasteiger partial charge on any atom is 0.243 e. The molecule has 0 bridgehead atoms. The first kappa shape index (κ1) is 17.9. The third kappa shape index (κ3) is 3.68. The van der Waals surface area contributed by atoms with Gasteiger partial charge in [0.05, 0.1) is 10.9 Å². The van der Waals surface area contributed by atoms with Crippen LogP contribution < -0.4 is 0 Å². The van der Waals surface area contributed by atoms with Crippen LogP contribution in [0, 0.1) is 13.8 Å². The molecule has 0 aliphatic carbocycles. The van der Waals surface area contributed by atoms with Crippen LogP contribution in [0.1, 0.15) is 35.6 Å². The Hall–Kier alpha value is -0.920. The summed E-state index contributed by atoms with van der Waals surface area (Å²) in [6.45, 7) is 4.59. The van der Waals surface area contributed by atoms with Crippen LogP contribution in [-0.4, -0.2) is 23.2 Å². The highest BCUT2D eigenvalue weighted by Gasteiger charge is 2.36. The summed E-state index contributed by atoms with van der Waals surface area (Å²) in [6, 6.07) is 15.3. The van der Waals surface area contributed by atoms with Crippen molar-refractivity contribution >= 4 is 32.6 Å². The molecule has 0 N–H and O–H groups in total. The molecule has 0 amide bonds. The summed E-state index contributed by atoms with van der Waals surface area (Å²) >= 11 is 2.44. The lowest BCUT2D eigenvalue weighted by atomic mass is 9.97. The summed E-state index contributed by atoms with van der Waals surface area (Å²) in [6.07, 6.45) is 1.75. The molecule has 2 atom stereocenters. The zero-order valence-electron chi connectivity index (χ0n) is 13.9. The van der Waals surface area contributed by atoms with Gasteiger partial charge in [-0.2, -0.15) is 4.31 Å². The maximum atomic E-state index is 13.2. The van der Waals surface area contributed by atoms with Crippen molar-refractivity contribution in [2.24, 2.45) is 0 Å². The van der Waals surface area contributed by atoms with Crippen LogP contribution in [0.2, 0.25) is 0 Å². The Morgan fingerprint density at radius 3 is 2.08 bits per heavy atom. The minimum absolute atomic E-state index is 0.0902. The second-order valence-electron chi connectivity index (χ2n) is 6.48. The summed E-state index contributed by atoms with van der Waals surface area (Å²) in [5.74, 6) is 0. The number of piperidine rings is 1. The molecule has 1 heterocycles. The van der Waals surface area contributed by atoms with E-state index in [1.54, 1.807) is 16.4 Å². The summed E-state index contributed by atoms with van der Waals surface area (Å²) in [5, 5.41) is 0. The fourth-order valence-corrected chi connectivity index (χ4v) is 5.52. The van der Waals surface area contributed by atoms with Crippen molar-refractivity contribution in [1.82, 2.24) is 4.31 Å². The summed E-state index contributed by atoms with van der Waals surface area (Å²) < 4.78 is 28.5. The molecule has 2 aromatic rings. The van der Waals surface area contributed by atoms with Gasteiger partial charge in [0.2, 0.25) is 10.0 Å². The average molecular weight is 455 g/mol. The normalized spacial score (nSPS) is 22.5. The number of alkyl halides is 1. The molecular weight excluding hydrogens is 433 g/mol.